The molecule has 10 rings (SSSR count). The average molecular weight is 642 g/mol. The molecular weight excluding hydrogens is 619 g/mol. The molecule has 0 saturated heterocycles. The van der Waals surface area contributed by atoms with E-state index in [0.29, 0.717) is 9.54 Å². The van der Waals surface area contributed by atoms with Crippen molar-refractivity contribution in [3.8, 4) is 39.1 Å². The first-order chi connectivity index (χ1) is 22.7. The van der Waals surface area contributed by atoms with Gasteiger partial charge in [-0.2, -0.15) is 4.98 Å². The maximum atomic E-state index is 6.10. The molecule has 0 bridgehead atoms. The molecule has 2 aliphatic carbocycles. The standard InChI is InChI=1S/C40H23N3S3/c44-37-41-38-43(34-21-7-8-22-35(34)46-38)39(45)42(37)25-12-9-11-24(23-25)26-16-10-20-33-36(26)29-15-3-6-19-32(29)40(33)30-17-4-1-13-27(30)28-14-2-5-18-31(28)40/h1-23H. The van der Waals surface area contributed by atoms with Gasteiger partial charge in [0, 0.05) is 0 Å². The third-order valence-corrected chi connectivity index (χ3v) is 11.4. The van der Waals surface area contributed by atoms with Crippen molar-refractivity contribution in [3.05, 3.63) is 171 Å². The van der Waals surface area contributed by atoms with Crippen LogP contribution in [0, 0.1) is 9.54 Å². The molecule has 0 amide bonds. The van der Waals surface area contributed by atoms with Crippen LogP contribution in [-0.2, 0) is 5.41 Å². The topological polar surface area (TPSA) is 22.2 Å². The van der Waals surface area contributed by atoms with Gasteiger partial charge in [0.1, 0.15) is 0 Å². The second-order valence-electron chi connectivity index (χ2n) is 11.9. The van der Waals surface area contributed by atoms with Gasteiger partial charge in [-0.25, -0.2) is 0 Å². The molecule has 8 aromatic rings. The highest BCUT2D eigenvalue weighted by Crippen LogP contribution is 2.63. The number of rotatable bonds is 2. The second-order valence-corrected chi connectivity index (χ2v) is 13.6. The fourth-order valence-electron chi connectivity index (χ4n) is 7.96. The summed E-state index contributed by atoms with van der Waals surface area (Å²) < 4.78 is 6.15. The monoisotopic (exact) mass is 641 g/mol. The number of fused-ring (bicyclic) bond motifs is 13. The third-order valence-electron chi connectivity index (χ3n) is 9.70. The number of para-hydroxylation sites is 1. The van der Waals surface area contributed by atoms with Crippen molar-refractivity contribution in [2.75, 3.05) is 0 Å². The van der Waals surface area contributed by atoms with E-state index in [0.717, 1.165) is 26.4 Å². The van der Waals surface area contributed by atoms with E-state index < -0.39 is 0 Å². The summed E-state index contributed by atoms with van der Waals surface area (Å²) in [5, 5.41) is 0. The van der Waals surface area contributed by atoms with Crippen LogP contribution in [0.1, 0.15) is 22.3 Å². The molecule has 0 radical (unpaired) electrons. The lowest BCUT2D eigenvalue weighted by Gasteiger charge is -2.30. The molecule has 2 aromatic heterocycles. The highest BCUT2D eigenvalue weighted by Gasteiger charge is 2.51. The molecule has 216 valence electrons. The first-order valence-electron chi connectivity index (χ1n) is 15.2. The van der Waals surface area contributed by atoms with Gasteiger partial charge in [0.15, 0.2) is 9.73 Å². The molecule has 46 heavy (non-hydrogen) atoms. The Morgan fingerprint density at radius 3 is 1.91 bits per heavy atom. The van der Waals surface area contributed by atoms with Crippen molar-refractivity contribution in [2.45, 2.75) is 5.41 Å². The smallest absolute Gasteiger partial charge is 0.209 e. The molecule has 0 aliphatic heterocycles. The fourth-order valence-corrected chi connectivity index (χ4v) is 9.81. The quantitative estimate of drug-likeness (QED) is 0.175. The molecule has 3 nitrogen and oxygen atoms in total. The van der Waals surface area contributed by atoms with Gasteiger partial charge in [0.2, 0.25) is 4.77 Å². The largest absolute Gasteiger partial charge is 0.261 e. The van der Waals surface area contributed by atoms with Crippen LogP contribution in [0.5, 0.6) is 0 Å². The van der Waals surface area contributed by atoms with E-state index in [1.165, 1.54) is 50.1 Å². The number of aromatic nitrogens is 3. The van der Waals surface area contributed by atoms with E-state index in [-0.39, 0.29) is 5.41 Å². The van der Waals surface area contributed by atoms with Crippen molar-refractivity contribution in [1.82, 2.24) is 14.0 Å². The Morgan fingerprint density at radius 2 is 1.15 bits per heavy atom. The highest BCUT2D eigenvalue weighted by molar-refractivity contribution is 7.72. The van der Waals surface area contributed by atoms with E-state index in [9.17, 15) is 0 Å². The molecule has 6 heteroatoms. The maximum absolute atomic E-state index is 6.10. The third kappa shape index (κ3) is 3.28. The van der Waals surface area contributed by atoms with Crippen molar-refractivity contribution in [2.24, 2.45) is 0 Å². The first kappa shape index (κ1) is 26.2. The predicted octanol–water partition coefficient (Wildman–Crippen LogP) is 10.8. The van der Waals surface area contributed by atoms with Crippen LogP contribution in [0.4, 0.5) is 0 Å². The van der Waals surface area contributed by atoms with Crippen molar-refractivity contribution >= 4 is 51.0 Å². The van der Waals surface area contributed by atoms with Crippen LogP contribution >= 0.6 is 35.8 Å². The Morgan fingerprint density at radius 1 is 0.565 bits per heavy atom. The van der Waals surface area contributed by atoms with Crippen LogP contribution in [-0.4, -0.2) is 14.0 Å². The SMILES string of the molecule is S=c1nc2sc3ccccc3n2c(=S)n1-c1cccc(-c2cccc3c2-c2ccccc2C32c3ccccc3-c3ccccc32)c1. The van der Waals surface area contributed by atoms with Gasteiger partial charge < -0.3 is 0 Å². The molecule has 0 N–H and O–H groups in total. The summed E-state index contributed by atoms with van der Waals surface area (Å²) in [6.45, 7) is 0. The lowest BCUT2D eigenvalue weighted by molar-refractivity contribution is 0.794. The molecular formula is C40H23N3S3. The minimum absolute atomic E-state index is 0.380. The zero-order valence-electron chi connectivity index (χ0n) is 24.3. The van der Waals surface area contributed by atoms with E-state index in [1.54, 1.807) is 11.3 Å². The highest BCUT2D eigenvalue weighted by atomic mass is 32.1. The Balaban J connectivity index is 1.24. The van der Waals surface area contributed by atoms with Gasteiger partial charge in [-0.05, 0) is 104 Å². The Hall–Kier alpha value is -5.01. The van der Waals surface area contributed by atoms with Crippen LogP contribution in [0.25, 0.3) is 54.2 Å². The van der Waals surface area contributed by atoms with Crippen LogP contribution in [0.15, 0.2) is 140 Å². The number of hydrogen-bond acceptors (Lipinski definition) is 4. The maximum Gasteiger partial charge on any atom is 0.209 e. The van der Waals surface area contributed by atoms with Crippen molar-refractivity contribution in [1.29, 1.82) is 0 Å². The first-order valence-corrected chi connectivity index (χ1v) is 16.9. The van der Waals surface area contributed by atoms with Gasteiger partial charge >= 0.3 is 0 Å². The molecule has 6 aromatic carbocycles. The summed E-state index contributed by atoms with van der Waals surface area (Å²) in [6, 6.07) is 50.4. The van der Waals surface area contributed by atoms with E-state index in [1.807, 2.05) is 21.1 Å². The molecule has 0 unspecified atom stereocenters. The van der Waals surface area contributed by atoms with Gasteiger partial charge in [-0.15, -0.1) is 0 Å². The summed E-state index contributed by atoms with van der Waals surface area (Å²) in [4.78, 5) is 5.63. The molecule has 1 spiro atoms. The summed E-state index contributed by atoms with van der Waals surface area (Å²) >= 11 is 13.6. The Bertz CT molecular complexity index is 2670. The fraction of sp³-hybridized carbons (Fsp3) is 0.0250. The lowest BCUT2D eigenvalue weighted by atomic mass is 9.70. The zero-order chi connectivity index (χ0) is 30.6. The molecule has 0 fully saturated rings. The summed E-state index contributed by atoms with van der Waals surface area (Å²) in [5.74, 6) is 0. The van der Waals surface area contributed by atoms with Crippen molar-refractivity contribution in [3.63, 3.8) is 0 Å². The summed E-state index contributed by atoms with van der Waals surface area (Å²) in [6.07, 6.45) is 0. The zero-order valence-corrected chi connectivity index (χ0v) is 26.8. The van der Waals surface area contributed by atoms with Crippen LogP contribution < -0.4 is 0 Å². The average Bonchev–Trinajstić information content (AvgIpc) is 3.72. The number of nitrogens with zero attached hydrogens (tertiary/aromatic N) is 3. The summed E-state index contributed by atoms with van der Waals surface area (Å²) in [5.41, 5.74) is 14.4. The minimum atomic E-state index is -0.380. The molecule has 2 heterocycles. The van der Waals surface area contributed by atoms with Gasteiger partial charge in [0.25, 0.3) is 0 Å². The molecule has 2 aliphatic rings. The Kier molecular flexibility index (Phi) is 5.42. The van der Waals surface area contributed by atoms with Gasteiger partial charge in [0.05, 0.1) is 21.3 Å². The predicted molar refractivity (Wildman–Crippen MR) is 193 cm³/mol. The lowest BCUT2D eigenvalue weighted by Crippen LogP contribution is -2.25. The Labute approximate surface area is 279 Å². The van der Waals surface area contributed by atoms with E-state index >= 15 is 0 Å². The molecule has 0 atom stereocenters. The van der Waals surface area contributed by atoms with E-state index in [4.69, 9.17) is 29.4 Å². The summed E-state index contributed by atoms with van der Waals surface area (Å²) in [7, 11) is 0. The van der Waals surface area contributed by atoms with Crippen molar-refractivity contribution < 1.29 is 0 Å². The van der Waals surface area contributed by atoms with Gasteiger partial charge in [-0.1, -0.05) is 127 Å². The number of hydrogen-bond donors (Lipinski definition) is 0. The van der Waals surface area contributed by atoms with Crippen LogP contribution in [0.2, 0.25) is 0 Å². The van der Waals surface area contributed by atoms with E-state index in [2.05, 4.69) is 127 Å². The number of thiazole rings is 1. The number of benzene rings is 6. The van der Waals surface area contributed by atoms with Gasteiger partial charge in [-0.3, -0.25) is 8.97 Å². The minimum Gasteiger partial charge on any atom is -0.261 e. The normalized spacial score (nSPS) is 13.6. The van der Waals surface area contributed by atoms with Crippen LogP contribution in [0.3, 0.4) is 0 Å². The second kappa shape index (κ2) is 9.50. The molecule has 0 saturated carbocycles.